The highest BCUT2D eigenvalue weighted by atomic mass is 16.3. The van der Waals surface area contributed by atoms with Crippen molar-refractivity contribution in [1.29, 1.82) is 0 Å². The van der Waals surface area contributed by atoms with Gasteiger partial charge in [-0.15, -0.1) is 0 Å². The van der Waals surface area contributed by atoms with Crippen LogP contribution in [0.5, 0.6) is 0 Å². The largest absolute Gasteiger partial charge is 0.390 e. The minimum absolute atomic E-state index is 0.455. The molecule has 1 unspecified atom stereocenters. The maximum atomic E-state index is 9.34. The van der Waals surface area contributed by atoms with Gasteiger partial charge in [0.1, 0.15) is 0 Å². The van der Waals surface area contributed by atoms with Gasteiger partial charge >= 0.3 is 0 Å². The third kappa shape index (κ3) is 16.2. The van der Waals surface area contributed by atoms with Crippen molar-refractivity contribution in [2.75, 3.05) is 0 Å². The number of aliphatic hydroxyl groups is 1. The van der Waals surface area contributed by atoms with Crippen LogP contribution < -0.4 is 0 Å². The SMILES string of the molecule is CCCCCCCCCCC([CH]O)CCCCCCCC. The molecule has 0 spiro atoms. The topological polar surface area (TPSA) is 20.2 Å². The van der Waals surface area contributed by atoms with Crippen molar-refractivity contribution in [2.24, 2.45) is 5.92 Å². The normalized spacial score (nSPS) is 12.7. The van der Waals surface area contributed by atoms with Gasteiger partial charge in [0.05, 0.1) is 6.61 Å². The summed E-state index contributed by atoms with van der Waals surface area (Å²) < 4.78 is 0. The Kier molecular flexibility index (Phi) is 18.0. The molecule has 0 fully saturated rings. The molecule has 1 radical (unpaired) electrons. The van der Waals surface area contributed by atoms with Crippen molar-refractivity contribution in [3.63, 3.8) is 0 Å². The molecule has 0 rings (SSSR count). The number of unbranched alkanes of at least 4 members (excludes halogenated alkanes) is 12. The van der Waals surface area contributed by atoms with Crippen LogP contribution >= 0.6 is 0 Å². The third-order valence-corrected chi connectivity index (χ3v) is 4.57. The Morgan fingerprint density at radius 1 is 0.571 bits per heavy atom. The van der Waals surface area contributed by atoms with E-state index in [0.717, 1.165) is 0 Å². The van der Waals surface area contributed by atoms with E-state index in [-0.39, 0.29) is 0 Å². The van der Waals surface area contributed by atoms with Crippen LogP contribution in [0, 0.1) is 12.5 Å². The highest BCUT2D eigenvalue weighted by Crippen LogP contribution is 2.20. The van der Waals surface area contributed by atoms with Crippen molar-refractivity contribution in [3.05, 3.63) is 6.61 Å². The highest BCUT2D eigenvalue weighted by Gasteiger charge is 2.07. The van der Waals surface area contributed by atoms with Gasteiger partial charge in [0, 0.05) is 0 Å². The lowest BCUT2D eigenvalue weighted by Gasteiger charge is -2.13. The molecule has 0 aliphatic rings. The van der Waals surface area contributed by atoms with Gasteiger partial charge in [0.25, 0.3) is 0 Å². The maximum Gasteiger partial charge on any atom is 0.0829 e. The molecule has 0 bridgehead atoms. The van der Waals surface area contributed by atoms with Crippen LogP contribution in [0.15, 0.2) is 0 Å². The summed E-state index contributed by atoms with van der Waals surface area (Å²) in [4.78, 5) is 0. The molecule has 0 aromatic rings. The average molecular weight is 298 g/mol. The number of rotatable bonds is 17. The van der Waals surface area contributed by atoms with Crippen molar-refractivity contribution in [2.45, 2.75) is 117 Å². The van der Waals surface area contributed by atoms with Crippen molar-refractivity contribution >= 4 is 0 Å². The minimum Gasteiger partial charge on any atom is -0.390 e. The van der Waals surface area contributed by atoms with Crippen molar-refractivity contribution in [1.82, 2.24) is 0 Å². The molecule has 1 N–H and O–H groups in total. The first-order valence-corrected chi connectivity index (χ1v) is 9.82. The van der Waals surface area contributed by atoms with Gasteiger partial charge < -0.3 is 5.11 Å². The van der Waals surface area contributed by atoms with Crippen LogP contribution in [0.4, 0.5) is 0 Å². The number of hydrogen-bond acceptors (Lipinski definition) is 1. The molecule has 0 heterocycles. The Bertz CT molecular complexity index is 179. The fraction of sp³-hybridized carbons (Fsp3) is 0.950. The second kappa shape index (κ2) is 18.0. The number of hydrogen-bond donors (Lipinski definition) is 1. The van der Waals surface area contributed by atoms with Crippen LogP contribution in [-0.4, -0.2) is 5.11 Å². The van der Waals surface area contributed by atoms with Crippen LogP contribution in [0.25, 0.3) is 0 Å². The molecule has 0 aromatic heterocycles. The van der Waals surface area contributed by atoms with Crippen molar-refractivity contribution in [3.8, 4) is 0 Å². The molecule has 0 amide bonds. The first kappa shape index (κ1) is 21.0. The Hall–Kier alpha value is -0.0400. The van der Waals surface area contributed by atoms with Crippen LogP contribution in [0.1, 0.15) is 117 Å². The average Bonchev–Trinajstić information content (AvgIpc) is 2.51. The standard InChI is InChI=1S/C20H41O/c1-3-5-7-9-11-12-14-16-18-20(19-21)17-15-13-10-8-6-4-2/h19-21H,3-18H2,1-2H3. The molecule has 0 saturated heterocycles. The monoisotopic (exact) mass is 297 g/mol. The first-order valence-electron chi connectivity index (χ1n) is 9.82. The van der Waals surface area contributed by atoms with E-state index in [4.69, 9.17) is 0 Å². The lowest BCUT2D eigenvalue weighted by Crippen LogP contribution is -2.01. The maximum absolute atomic E-state index is 9.34. The molecular weight excluding hydrogens is 256 g/mol. The molecule has 0 aliphatic carbocycles. The summed E-state index contributed by atoms with van der Waals surface area (Å²) in [5, 5.41) is 9.34. The highest BCUT2D eigenvalue weighted by molar-refractivity contribution is 4.66. The molecule has 21 heavy (non-hydrogen) atoms. The Morgan fingerprint density at radius 3 is 1.24 bits per heavy atom. The van der Waals surface area contributed by atoms with Gasteiger partial charge in [-0.1, -0.05) is 104 Å². The lowest BCUT2D eigenvalue weighted by atomic mass is 9.95. The Balaban J connectivity index is 3.28. The summed E-state index contributed by atoms with van der Waals surface area (Å²) in [5.74, 6) is 0.455. The van der Waals surface area contributed by atoms with E-state index >= 15 is 0 Å². The Morgan fingerprint density at radius 2 is 0.905 bits per heavy atom. The van der Waals surface area contributed by atoms with E-state index in [1.54, 1.807) is 0 Å². The summed E-state index contributed by atoms with van der Waals surface area (Å²) in [6.07, 6.45) is 21.5. The van der Waals surface area contributed by atoms with E-state index in [1.807, 2.05) is 0 Å². The second-order valence-electron chi connectivity index (χ2n) is 6.73. The number of aliphatic hydroxyl groups excluding tert-OH is 1. The second-order valence-corrected chi connectivity index (χ2v) is 6.73. The van der Waals surface area contributed by atoms with E-state index in [9.17, 15) is 5.11 Å². The van der Waals surface area contributed by atoms with Gasteiger partial charge in [0.2, 0.25) is 0 Å². The van der Waals surface area contributed by atoms with Gasteiger partial charge in [-0.3, -0.25) is 0 Å². The van der Waals surface area contributed by atoms with Gasteiger partial charge in [-0.05, 0) is 18.8 Å². The van der Waals surface area contributed by atoms with E-state index in [0.29, 0.717) is 5.92 Å². The van der Waals surface area contributed by atoms with Gasteiger partial charge in [-0.2, -0.15) is 0 Å². The summed E-state index contributed by atoms with van der Waals surface area (Å²) in [5.41, 5.74) is 0. The molecule has 1 heteroatoms. The third-order valence-electron chi connectivity index (χ3n) is 4.57. The molecule has 1 atom stereocenters. The van der Waals surface area contributed by atoms with E-state index in [1.165, 1.54) is 109 Å². The molecule has 0 aliphatic heterocycles. The minimum atomic E-state index is 0.455. The molecule has 0 saturated carbocycles. The Labute approximate surface area is 134 Å². The lowest BCUT2D eigenvalue weighted by molar-refractivity contribution is 0.283. The summed E-state index contributed by atoms with van der Waals surface area (Å²) >= 11 is 0. The molecule has 1 nitrogen and oxygen atoms in total. The fourth-order valence-corrected chi connectivity index (χ4v) is 3.02. The smallest absolute Gasteiger partial charge is 0.0829 e. The first-order chi connectivity index (χ1) is 10.3. The van der Waals surface area contributed by atoms with E-state index in [2.05, 4.69) is 13.8 Å². The van der Waals surface area contributed by atoms with E-state index < -0.39 is 0 Å². The predicted octanol–water partition coefficient (Wildman–Crippen LogP) is 7.42. The van der Waals surface area contributed by atoms with Gasteiger partial charge in [0.15, 0.2) is 0 Å². The van der Waals surface area contributed by atoms with Crippen LogP contribution in [-0.2, 0) is 0 Å². The zero-order valence-corrected chi connectivity index (χ0v) is 14.9. The zero-order valence-electron chi connectivity index (χ0n) is 14.9. The summed E-state index contributed by atoms with van der Waals surface area (Å²) in [6.45, 7) is 6.00. The molecule has 0 aromatic carbocycles. The summed E-state index contributed by atoms with van der Waals surface area (Å²) in [7, 11) is 0. The van der Waals surface area contributed by atoms with Crippen molar-refractivity contribution < 1.29 is 5.11 Å². The zero-order chi connectivity index (χ0) is 15.6. The van der Waals surface area contributed by atoms with Crippen LogP contribution in [0.3, 0.4) is 0 Å². The molecule has 127 valence electrons. The van der Waals surface area contributed by atoms with Gasteiger partial charge in [-0.25, -0.2) is 0 Å². The quantitative estimate of drug-likeness (QED) is 0.277. The predicted molar refractivity (Wildman–Crippen MR) is 94.9 cm³/mol. The molecular formula is C20H41O. The summed E-state index contributed by atoms with van der Waals surface area (Å²) in [6, 6.07) is 0. The van der Waals surface area contributed by atoms with Crippen LogP contribution in [0.2, 0.25) is 0 Å². The fourth-order valence-electron chi connectivity index (χ4n) is 3.02.